The van der Waals surface area contributed by atoms with Gasteiger partial charge in [-0.2, -0.15) is 4.99 Å². The van der Waals surface area contributed by atoms with Gasteiger partial charge in [0.2, 0.25) is 6.08 Å². The Morgan fingerprint density at radius 1 is 1.78 bits per heavy atom. The molecule has 0 spiro atoms. The van der Waals surface area contributed by atoms with Crippen molar-refractivity contribution in [2.24, 2.45) is 4.99 Å². The highest BCUT2D eigenvalue weighted by atomic mass is 35.5. The summed E-state index contributed by atoms with van der Waals surface area (Å²) in [4.78, 5) is 12.7. The molecule has 0 aromatic heterocycles. The van der Waals surface area contributed by atoms with Crippen LogP contribution in [0.2, 0.25) is 0 Å². The highest BCUT2D eigenvalue weighted by Gasteiger charge is 1.93. The second kappa shape index (κ2) is 4.57. The number of rotatable bonds is 2. The molecule has 50 valence electrons. The summed E-state index contributed by atoms with van der Waals surface area (Å²) in [6.45, 7) is 1.69. The van der Waals surface area contributed by atoms with Crippen LogP contribution in [0.3, 0.4) is 0 Å². The summed E-state index contributed by atoms with van der Waals surface area (Å²) < 4.78 is 0. The largest absolute Gasteiger partial charge is 0.241 e. The van der Waals surface area contributed by atoms with Crippen molar-refractivity contribution in [3.63, 3.8) is 0 Å². The van der Waals surface area contributed by atoms with Crippen LogP contribution < -0.4 is 0 Å². The molecule has 9 heavy (non-hydrogen) atoms. The summed E-state index contributed by atoms with van der Waals surface area (Å²) in [7, 11) is 0. The topological polar surface area (TPSA) is 29.4 Å². The Labute approximate surface area is 63.2 Å². The van der Waals surface area contributed by atoms with E-state index < -0.39 is 0 Å². The molecule has 0 atom stereocenters. The lowest BCUT2D eigenvalue weighted by Gasteiger charge is -1.90. The second-order valence-corrected chi connectivity index (χ2v) is 2.03. The number of hydrogen-bond acceptors (Lipinski definition) is 2. The molecule has 0 rings (SSSR count). The van der Waals surface area contributed by atoms with Gasteiger partial charge in [-0.25, -0.2) is 4.79 Å². The number of isocyanates is 1. The van der Waals surface area contributed by atoms with Crippen molar-refractivity contribution >= 4 is 29.3 Å². The van der Waals surface area contributed by atoms with Crippen LogP contribution in [-0.4, -0.2) is 12.0 Å². The van der Waals surface area contributed by atoms with Crippen molar-refractivity contribution in [1.29, 1.82) is 0 Å². The molecular formula is C5H5Cl2NO. The van der Waals surface area contributed by atoms with Crippen molar-refractivity contribution in [3.05, 3.63) is 10.7 Å². The SMILES string of the molecule is C/C(CCl)=C(\Cl)N=C=O. The molecule has 0 saturated heterocycles. The Balaban J connectivity index is 4.27. The molecule has 2 nitrogen and oxygen atoms in total. The third-order valence-corrected chi connectivity index (χ3v) is 1.50. The average Bonchev–Trinajstić information content (AvgIpc) is 1.87. The van der Waals surface area contributed by atoms with Gasteiger partial charge in [0.25, 0.3) is 0 Å². The van der Waals surface area contributed by atoms with E-state index >= 15 is 0 Å². The monoisotopic (exact) mass is 165 g/mol. The zero-order valence-electron chi connectivity index (χ0n) is 4.82. The van der Waals surface area contributed by atoms with Crippen molar-refractivity contribution in [2.75, 3.05) is 5.88 Å². The van der Waals surface area contributed by atoms with Crippen molar-refractivity contribution in [2.45, 2.75) is 6.92 Å². The smallest absolute Gasteiger partial charge is 0.211 e. The first-order valence-electron chi connectivity index (χ1n) is 2.21. The summed E-state index contributed by atoms with van der Waals surface area (Å²) in [5.41, 5.74) is 0.668. The quantitative estimate of drug-likeness (QED) is 0.267. The molecule has 0 aliphatic heterocycles. The molecule has 0 aromatic carbocycles. The third-order valence-electron chi connectivity index (χ3n) is 0.696. The standard InChI is InChI=1S/C5H5Cl2NO/c1-4(2-6)5(7)8-3-9/h2H2,1H3/b5-4-. The molecule has 0 heterocycles. The minimum absolute atomic E-state index is 0.125. The van der Waals surface area contributed by atoms with E-state index in [0.717, 1.165) is 0 Å². The molecule has 0 aliphatic rings. The minimum Gasteiger partial charge on any atom is -0.211 e. The first-order valence-corrected chi connectivity index (χ1v) is 3.12. The number of alkyl halides is 1. The van der Waals surface area contributed by atoms with Gasteiger partial charge in [0, 0.05) is 5.88 Å². The maximum Gasteiger partial charge on any atom is 0.241 e. The van der Waals surface area contributed by atoms with E-state index in [1.807, 2.05) is 0 Å². The Hall–Kier alpha value is -0.300. The van der Waals surface area contributed by atoms with Crippen LogP contribution in [0.5, 0.6) is 0 Å². The molecular weight excluding hydrogens is 161 g/mol. The normalized spacial score (nSPS) is 11.9. The fraction of sp³-hybridized carbons (Fsp3) is 0.400. The lowest BCUT2D eigenvalue weighted by molar-refractivity contribution is 0.565. The summed E-state index contributed by atoms with van der Waals surface area (Å²) >= 11 is 10.7. The fourth-order valence-electron chi connectivity index (χ4n) is 0.191. The van der Waals surface area contributed by atoms with Crippen LogP contribution in [0.25, 0.3) is 0 Å². The molecule has 0 amide bonds. The molecule has 0 unspecified atom stereocenters. The van der Waals surface area contributed by atoms with Gasteiger partial charge in [0.1, 0.15) is 5.16 Å². The second-order valence-electron chi connectivity index (χ2n) is 1.41. The Morgan fingerprint density at radius 3 is 2.67 bits per heavy atom. The minimum atomic E-state index is 0.125. The average molecular weight is 166 g/mol. The fourth-order valence-corrected chi connectivity index (χ4v) is 0.487. The highest BCUT2D eigenvalue weighted by molar-refractivity contribution is 6.31. The number of carbonyl (C=O) groups excluding carboxylic acids is 1. The van der Waals surface area contributed by atoms with E-state index in [-0.39, 0.29) is 11.0 Å². The van der Waals surface area contributed by atoms with Crippen LogP contribution >= 0.6 is 23.2 Å². The molecule has 0 radical (unpaired) electrons. The molecule has 4 heteroatoms. The molecule has 0 aliphatic carbocycles. The van der Waals surface area contributed by atoms with E-state index in [0.29, 0.717) is 5.57 Å². The van der Waals surface area contributed by atoms with E-state index in [1.54, 1.807) is 6.92 Å². The Bertz CT molecular complexity index is 170. The first kappa shape index (κ1) is 8.70. The van der Waals surface area contributed by atoms with Crippen LogP contribution in [0.15, 0.2) is 15.7 Å². The lowest BCUT2D eigenvalue weighted by atomic mass is 10.4. The van der Waals surface area contributed by atoms with E-state index in [9.17, 15) is 4.79 Å². The third kappa shape index (κ3) is 3.31. The van der Waals surface area contributed by atoms with Crippen molar-refractivity contribution in [1.82, 2.24) is 0 Å². The number of aliphatic imine (C=N–C) groups is 1. The van der Waals surface area contributed by atoms with Crippen LogP contribution in [0.1, 0.15) is 6.92 Å². The van der Waals surface area contributed by atoms with Gasteiger partial charge in [-0.15, -0.1) is 11.6 Å². The zero-order chi connectivity index (χ0) is 7.28. The summed E-state index contributed by atoms with van der Waals surface area (Å²) in [5.74, 6) is 0.282. The predicted octanol–water partition coefficient (Wildman–Crippen LogP) is 2.03. The van der Waals surface area contributed by atoms with Gasteiger partial charge in [0.05, 0.1) is 0 Å². The van der Waals surface area contributed by atoms with Gasteiger partial charge >= 0.3 is 0 Å². The molecule has 0 saturated carbocycles. The number of hydrogen-bond donors (Lipinski definition) is 0. The van der Waals surface area contributed by atoms with Gasteiger partial charge in [0.15, 0.2) is 0 Å². The zero-order valence-corrected chi connectivity index (χ0v) is 6.33. The van der Waals surface area contributed by atoms with Gasteiger partial charge < -0.3 is 0 Å². The Morgan fingerprint density at radius 2 is 2.33 bits per heavy atom. The van der Waals surface area contributed by atoms with Crippen LogP contribution in [-0.2, 0) is 4.79 Å². The maximum absolute atomic E-state index is 9.58. The molecule has 0 bridgehead atoms. The predicted molar refractivity (Wildman–Crippen MR) is 37.4 cm³/mol. The number of halogens is 2. The summed E-state index contributed by atoms with van der Waals surface area (Å²) in [5, 5.41) is 0.125. The van der Waals surface area contributed by atoms with Crippen LogP contribution in [0.4, 0.5) is 0 Å². The summed E-state index contributed by atoms with van der Waals surface area (Å²) in [6, 6.07) is 0. The van der Waals surface area contributed by atoms with Crippen molar-refractivity contribution in [3.8, 4) is 0 Å². The molecule has 0 fully saturated rings. The van der Waals surface area contributed by atoms with E-state index in [4.69, 9.17) is 23.2 Å². The highest BCUT2D eigenvalue weighted by Crippen LogP contribution is 2.10. The number of allylic oxidation sites excluding steroid dienone is 1. The number of nitrogens with zero attached hydrogens (tertiary/aromatic N) is 1. The Kier molecular flexibility index (Phi) is 4.41. The van der Waals surface area contributed by atoms with E-state index in [2.05, 4.69) is 4.99 Å². The summed E-state index contributed by atoms with van der Waals surface area (Å²) in [6.07, 6.45) is 1.31. The van der Waals surface area contributed by atoms with Crippen molar-refractivity contribution < 1.29 is 4.79 Å². The molecule has 0 aromatic rings. The van der Waals surface area contributed by atoms with Gasteiger partial charge in [-0.1, -0.05) is 11.6 Å². The molecule has 0 N–H and O–H groups in total. The van der Waals surface area contributed by atoms with Gasteiger partial charge in [-0.3, -0.25) is 0 Å². The van der Waals surface area contributed by atoms with Gasteiger partial charge in [-0.05, 0) is 12.5 Å². The van der Waals surface area contributed by atoms with E-state index in [1.165, 1.54) is 6.08 Å². The maximum atomic E-state index is 9.58. The lowest BCUT2D eigenvalue weighted by Crippen LogP contribution is -1.78. The first-order chi connectivity index (χ1) is 4.22. The van der Waals surface area contributed by atoms with Crippen LogP contribution in [0, 0.1) is 0 Å².